The van der Waals surface area contributed by atoms with Gasteiger partial charge in [-0.1, -0.05) is 0 Å². The Morgan fingerprint density at radius 3 is 2.43 bits per heavy atom. The highest BCUT2D eigenvalue weighted by Crippen LogP contribution is 2.24. The highest BCUT2D eigenvalue weighted by Gasteiger charge is 2.29. The average molecular weight is 384 g/mol. The third-order valence-electron chi connectivity index (χ3n) is 3.76. The van der Waals surface area contributed by atoms with Gasteiger partial charge in [-0.2, -0.15) is 4.31 Å². The Morgan fingerprint density at radius 1 is 1.26 bits per heavy atom. The van der Waals surface area contributed by atoms with Crippen LogP contribution in [0.2, 0.25) is 0 Å². The highest BCUT2D eigenvalue weighted by molar-refractivity contribution is 7.89. The van der Waals surface area contributed by atoms with Gasteiger partial charge in [-0.15, -0.1) is 12.4 Å². The van der Waals surface area contributed by atoms with E-state index in [1.807, 2.05) is 0 Å². The third-order valence-corrected chi connectivity index (χ3v) is 7.20. The average Bonchev–Trinajstić information content (AvgIpc) is 2.46. The number of halogens is 1. The van der Waals surface area contributed by atoms with Crippen molar-refractivity contribution in [2.45, 2.75) is 35.6 Å². The predicted octanol–water partition coefficient (Wildman–Crippen LogP) is 0.437. The summed E-state index contributed by atoms with van der Waals surface area (Å²) >= 11 is 0. The van der Waals surface area contributed by atoms with Gasteiger partial charge in [-0.05, 0) is 50.6 Å². The summed E-state index contributed by atoms with van der Waals surface area (Å²) in [7, 11) is -5.94. The summed E-state index contributed by atoms with van der Waals surface area (Å²) in [6.45, 7) is 2.30. The topological polar surface area (TPSA) is 110 Å². The van der Waals surface area contributed by atoms with E-state index < -0.39 is 20.0 Å². The maximum atomic E-state index is 12.6. The summed E-state index contributed by atoms with van der Waals surface area (Å²) in [4.78, 5) is 0.165. The van der Waals surface area contributed by atoms with E-state index in [1.165, 1.54) is 29.6 Å². The van der Waals surface area contributed by atoms with Crippen LogP contribution in [0.15, 0.2) is 28.0 Å². The van der Waals surface area contributed by atoms with Crippen LogP contribution < -0.4 is 10.5 Å². The molecule has 0 bridgehead atoms. The monoisotopic (exact) mass is 383 g/mol. The smallest absolute Gasteiger partial charge is 0.243 e. The summed E-state index contributed by atoms with van der Waals surface area (Å²) in [5.74, 6) is 0. The van der Waals surface area contributed by atoms with Crippen LogP contribution >= 0.6 is 12.4 Å². The van der Waals surface area contributed by atoms with Crippen molar-refractivity contribution in [1.29, 1.82) is 0 Å². The molecule has 2 rings (SSSR count). The summed E-state index contributed by atoms with van der Waals surface area (Å²) < 4.78 is 52.5. The third kappa shape index (κ3) is 4.23. The van der Waals surface area contributed by atoms with E-state index in [2.05, 4.69) is 4.72 Å². The standard InChI is InChI=1S/C13H21N3O4S2.ClH/c1-10-8-12(5-6-13(10)21(17,18)15-2)22(19,20)16-7-3-4-11(14)9-16;/h5-6,8,11,15H,3-4,7,9,14H2,1-2H3;1H/t11-;/m1./s1. The van der Waals surface area contributed by atoms with Crippen molar-refractivity contribution in [1.82, 2.24) is 9.03 Å². The van der Waals surface area contributed by atoms with Gasteiger partial charge in [-0.25, -0.2) is 21.6 Å². The van der Waals surface area contributed by atoms with Gasteiger partial charge >= 0.3 is 0 Å². The summed E-state index contributed by atoms with van der Waals surface area (Å²) in [6.07, 6.45) is 1.54. The number of piperidine rings is 1. The zero-order valence-corrected chi connectivity index (χ0v) is 15.5. The first kappa shape index (κ1) is 20.3. The van der Waals surface area contributed by atoms with Gasteiger partial charge in [0.1, 0.15) is 0 Å². The van der Waals surface area contributed by atoms with E-state index in [-0.39, 0.29) is 34.8 Å². The Balaban J connectivity index is 0.00000264. The summed E-state index contributed by atoms with van der Waals surface area (Å²) in [5.41, 5.74) is 6.22. The molecule has 0 spiro atoms. The zero-order chi connectivity index (χ0) is 16.5. The summed E-state index contributed by atoms with van der Waals surface area (Å²) in [6, 6.07) is 3.87. The van der Waals surface area contributed by atoms with Gasteiger partial charge in [0.05, 0.1) is 9.79 Å². The molecule has 0 saturated carbocycles. The van der Waals surface area contributed by atoms with Crippen LogP contribution in [0.25, 0.3) is 0 Å². The lowest BCUT2D eigenvalue weighted by Gasteiger charge is -2.30. The predicted molar refractivity (Wildman–Crippen MR) is 90.6 cm³/mol. The molecular weight excluding hydrogens is 362 g/mol. The molecule has 1 saturated heterocycles. The van der Waals surface area contributed by atoms with Gasteiger partial charge in [0, 0.05) is 19.1 Å². The molecule has 7 nitrogen and oxygen atoms in total. The molecule has 0 amide bonds. The number of benzene rings is 1. The first-order valence-electron chi connectivity index (χ1n) is 6.98. The second-order valence-electron chi connectivity index (χ2n) is 5.40. The fourth-order valence-corrected chi connectivity index (χ4v) is 5.11. The molecule has 0 unspecified atom stereocenters. The first-order valence-corrected chi connectivity index (χ1v) is 9.91. The number of hydrogen-bond acceptors (Lipinski definition) is 5. The molecule has 1 fully saturated rings. The number of nitrogens with one attached hydrogen (secondary N) is 1. The minimum absolute atomic E-state index is 0. The van der Waals surface area contributed by atoms with Gasteiger partial charge in [-0.3, -0.25) is 0 Å². The molecule has 1 aromatic carbocycles. The molecule has 0 radical (unpaired) electrons. The number of hydrogen-bond donors (Lipinski definition) is 2. The van der Waals surface area contributed by atoms with Crippen molar-refractivity contribution in [2.24, 2.45) is 5.73 Å². The fourth-order valence-electron chi connectivity index (χ4n) is 2.54. The van der Waals surface area contributed by atoms with E-state index in [0.717, 1.165) is 12.8 Å². The lowest BCUT2D eigenvalue weighted by Crippen LogP contribution is -2.45. The van der Waals surface area contributed by atoms with Crippen molar-refractivity contribution < 1.29 is 16.8 Å². The van der Waals surface area contributed by atoms with Gasteiger partial charge in [0.2, 0.25) is 20.0 Å². The normalized spacial score (nSPS) is 20.0. The van der Waals surface area contributed by atoms with Crippen LogP contribution in [-0.4, -0.2) is 47.3 Å². The minimum Gasteiger partial charge on any atom is -0.327 e. The molecule has 0 aliphatic carbocycles. The number of sulfonamides is 2. The van der Waals surface area contributed by atoms with E-state index in [0.29, 0.717) is 12.1 Å². The minimum atomic E-state index is -3.65. The quantitative estimate of drug-likeness (QED) is 0.783. The lowest BCUT2D eigenvalue weighted by atomic mass is 10.1. The van der Waals surface area contributed by atoms with Crippen LogP contribution in [-0.2, 0) is 20.0 Å². The molecule has 1 aromatic rings. The molecule has 1 aliphatic heterocycles. The Kier molecular flexibility index (Phi) is 6.59. The summed E-state index contributed by atoms with van der Waals surface area (Å²) in [5, 5.41) is 0. The Morgan fingerprint density at radius 2 is 1.91 bits per heavy atom. The van der Waals surface area contributed by atoms with Crippen molar-refractivity contribution >= 4 is 32.5 Å². The molecule has 0 aromatic heterocycles. The van der Waals surface area contributed by atoms with E-state index in [4.69, 9.17) is 5.73 Å². The van der Waals surface area contributed by atoms with E-state index >= 15 is 0 Å². The molecule has 1 atom stereocenters. The van der Waals surface area contributed by atoms with Crippen LogP contribution in [0, 0.1) is 6.92 Å². The SMILES string of the molecule is CNS(=O)(=O)c1ccc(S(=O)(=O)N2CCC[C@@H](N)C2)cc1C.Cl. The Labute approximate surface area is 143 Å². The Hall–Kier alpha value is -0.710. The number of aryl methyl sites for hydroxylation is 1. The molecule has 1 heterocycles. The maximum absolute atomic E-state index is 12.6. The van der Waals surface area contributed by atoms with Crippen LogP contribution in [0.1, 0.15) is 18.4 Å². The molecular formula is C13H22ClN3O4S2. The first-order chi connectivity index (χ1) is 10.2. The molecule has 1 aliphatic rings. The second kappa shape index (κ2) is 7.45. The van der Waals surface area contributed by atoms with Crippen molar-refractivity contribution in [2.75, 3.05) is 20.1 Å². The van der Waals surface area contributed by atoms with Crippen LogP contribution in [0.5, 0.6) is 0 Å². The molecule has 10 heteroatoms. The number of rotatable bonds is 4. The van der Waals surface area contributed by atoms with E-state index in [9.17, 15) is 16.8 Å². The van der Waals surface area contributed by atoms with Gasteiger partial charge in [0.25, 0.3) is 0 Å². The van der Waals surface area contributed by atoms with Crippen molar-refractivity contribution in [3.05, 3.63) is 23.8 Å². The van der Waals surface area contributed by atoms with Gasteiger partial charge < -0.3 is 5.73 Å². The number of nitrogens with two attached hydrogens (primary N) is 1. The van der Waals surface area contributed by atoms with Crippen molar-refractivity contribution in [3.8, 4) is 0 Å². The van der Waals surface area contributed by atoms with Crippen LogP contribution in [0.3, 0.4) is 0 Å². The largest absolute Gasteiger partial charge is 0.327 e. The zero-order valence-electron chi connectivity index (χ0n) is 13.0. The molecule has 132 valence electrons. The number of nitrogens with zero attached hydrogens (tertiary/aromatic N) is 1. The van der Waals surface area contributed by atoms with Gasteiger partial charge in [0.15, 0.2) is 0 Å². The highest BCUT2D eigenvalue weighted by atomic mass is 35.5. The molecule has 3 N–H and O–H groups in total. The maximum Gasteiger partial charge on any atom is 0.243 e. The fraction of sp³-hybridized carbons (Fsp3) is 0.538. The Bertz CT molecular complexity index is 765. The molecule has 23 heavy (non-hydrogen) atoms. The lowest BCUT2D eigenvalue weighted by molar-refractivity contribution is 0.316. The second-order valence-corrected chi connectivity index (χ2v) is 9.19. The van der Waals surface area contributed by atoms with Crippen LogP contribution in [0.4, 0.5) is 0 Å². The van der Waals surface area contributed by atoms with Crippen molar-refractivity contribution in [3.63, 3.8) is 0 Å². The van der Waals surface area contributed by atoms with E-state index in [1.54, 1.807) is 6.92 Å².